The third-order valence-electron chi connectivity index (χ3n) is 3.59. The molecule has 2 aromatic rings. The molecule has 0 radical (unpaired) electrons. The molecular formula is C16H18N4O. The predicted octanol–water partition coefficient (Wildman–Crippen LogP) is 2.72. The first kappa shape index (κ1) is 13.4. The van der Waals surface area contributed by atoms with Crippen molar-refractivity contribution in [2.24, 2.45) is 0 Å². The third kappa shape index (κ3) is 2.81. The Labute approximate surface area is 123 Å². The second-order valence-corrected chi connectivity index (χ2v) is 5.03. The van der Waals surface area contributed by atoms with Crippen LogP contribution in [-0.2, 0) is 11.3 Å². The summed E-state index contributed by atoms with van der Waals surface area (Å²) < 4.78 is 1.67. The number of para-hydroxylation sites is 2. The van der Waals surface area contributed by atoms with Gasteiger partial charge in [0.2, 0.25) is 5.91 Å². The lowest BCUT2D eigenvalue weighted by molar-refractivity contribution is -0.117. The molecule has 0 spiro atoms. The summed E-state index contributed by atoms with van der Waals surface area (Å²) in [6.45, 7) is 5.13. The molecule has 1 saturated heterocycles. The van der Waals surface area contributed by atoms with E-state index in [-0.39, 0.29) is 5.91 Å². The zero-order valence-electron chi connectivity index (χ0n) is 11.8. The van der Waals surface area contributed by atoms with Gasteiger partial charge in [-0.3, -0.25) is 4.79 Å². The quantitative estimate of drug-likeness (QED) is 0.917. The van der Waals surface area contributed by atoms with Crippen molar-refractivity contribution in [3.8, 4) is 0 Å². The number of hydrogen-bond donors (Lipinski definition) is 1. The van der Waals surface area contributed by atoms with Crippen molar-refractivity contribution in [3.05, 3.63) is 48.8 Å². The highest BCUT2D eigenvalue weighted by atomic mass is 16.2. The Kier molecular flexibility index (Phi) is 3.73. The first-order valence-corrected chi connectivity index (χ1v) is 7.07. The van der Waals surface area contributed by atoms with E-state index in [4.69, 9.17) is 0 Å². The zero-order chi connectivity index (χ0) is 14.7. The molecule has 3 rings (SSSR count). The van der Waals surface area contributed by atoms with Crippen LogP contribution in [0.4, 0.5) is 11.4 Å². The third-order valence-corrected chi connectivity index (χ3v) is 3.59. The van der Waals surface area contributed by atoms with Crippen LogP contribution in [-0.4, -0.2) is 22.2 Å². The summed E-state index contributed by atoms with van der Waals surface area (Å²) in [5.74, 6) is 0.198. The maximum Gasteiger partial charge on any atom is 0.227 e. The number of benzene rings is 1. The van der Waals surface area contributed by atoms with Gasteiger partial charge in [-0.15, -0.1) is 0 Å². The Morgan fingerprint density at radius 2 is 2.24 bits per heavy atom. The molecule has 0 bridgehead atoms. The van der Waals surface area contributed by atoms with Gasteiger partial charge in [0.1, 0.15) is 0 Å². The number of carbonyl (C=O) groups is 1. The van der Waals surface area contributed by atoms with Gasteiger partial charge in [-0.25, -0.2) is 4.68 Å². The molecule has 0 aliphatic carbocycles. The molecule has 5 heteroatoms. The molecule has 108 valence electrons. The monoisotopic (exact) mass is 282 g/mol. The Hall–Kier alpha value is -2.56. The standard InChI is InChI=1S/C16H18N4O/c1-2-19-12-13(11-18-19)10-17-14-6-3-4-7-15(14)20-9-5-8-16(20)21/h2-4,6-7,11-12,17H,1,5,8-10H2. The van der Waals surface area contributed by atoms with Crippen LogP contribution in [0.3, 0.4) is 0 Å². The Morgan fingerprint density at radius 1 is 1.38 bits per heavy atom. The highest BCUT2D eigenvalue weighted by Gasteiger charge is 2.23. The summed E-state index contributed by atoms with van der Waals surface area (Å²) in [5, 5.41) is 7.54. The van der Waals surface area contributed by atoms with E-state index in [1.165, 1.54) is 0 Å². The molecule has 2 heterocycles. The number of rotatable bonds is 5. The minimum absolute atomic E-state index is 0.198. The first-order valence-electron chi connectivity index (χ1n) is 7.07. The maximum atomic E-state index is 11.9. The second kappa shape index (κ2) is 5.83. The van der Waals surface area contributed by atoms with Gasteiger partial charge in [-0.05, 0) is 18.6 Å². The van der Waals surface area contributed by atoms with Crippen LogP contribution >= 0.6 is 0 Å². The molecule has 0 atom stereocenters. The minimum atomic E-state index is 0.198. The molecule has 1 aromatic heterocycles. The van der Waals surface area contributed by atoms with Crippen LogP contribution in [0.2, 0.25) is 0 Å². The SMILES string of the molecule is C=Cn1cc(CNc2ccccc2N2CCCC2=O)cn1. The molecule has 0 saturated carbocycles. The molecule has 1 aliphatic heterocycles. The van der Waals surface area contributed by atoms with E-state index in [0.29, 0.717) is 13.0 Å². The highest BCUT2D eigenvalue weighted by molar-refractivity contribution is 5.98. The molecule has 1 aliphatic rings. The van der Waals surface area contributed by atoms with Crippen LogP contribution in [0, 0.1) is 0 Å². The lowest BCUT2D eigenvalue weighted by atomic mass is 10.2. The number of nitrogens with zero attached hydrogens (tertiary/aromatic N) is 3. The van der Waals surface area contributed by atoms with E-state index in [2.05, 4.69) is 17.0 Å². The van der Waals surface area contributed by atoms with Crippen LogP contribution in [0.25, 0.3) is 6.20 Å². The fourth-order valence-electron chi connectivity index (χ4n) is 2.53. The van der Waals surface area contributed by atoms with Gasteiger partial charge in [-0.2, -0.15) is 5.10 Å². The number of carbonyl (C=O) groups excluding carboxylic acids is 1. The molecule has 5 nitrogen and oxygen atoms in total. The van der Waals surface area contributed by atoms with Gasteiger partial charge in [0.25, 0.3) is 0 Å². The maximum absolute atomic E-state index is 11.9. The molecule has 1 N–H and O–H groups in total. The predicted molar refractivity (Wildman–Crippen MR) is 84.0 cm³/mol. The van der Waals surface area contributed by atoms with E-state index in [1.807, 2.05) is 35.4 Å². The van der Waals surface area contributed by atoms with Gasteiger partial charge in [0.15, 0.2) is 0 Å². The highest BCUT2D eigenvalue weighted by Crippen LogP contribution is 2.29. The number of anilines is 2. The van der Waals surface area contributed by atoms with E-state index in [9.17, 15) is 4.79 Å². The minimum Gasteiger partial charge on any atom is -0.379 e. The van der Waals surface area contributed by atoms with Crippen molar-refractivity contribution in [1.82, 2.24) is 9.78 Å². The molecule has 1 aromatic carbocycles. The molecule has 21 heavy (non-hydrogen) atoms. The van der Waals surface area contributed by atoms with E-state index >= 15 is 0 Å². The van der Waals surface area contributed by atoms with Crippen molar-refractivity contribution in [2.75, 3.05) is 16.8 Å². The molecule has 0 unspecified atom stereocenters. The smallest absolute Gasteiger partial charge is 0.227 e. The van der Waals surface area contributed by atoms with E-state index < -0.39 is 0 Å². The van der Waals surface area contributed by atoms with Crippen molar-refractivity contribution in [2.45, 2.75) is 19.4 Å². The fourth-order valence-corrected chi connectivity index (χ4v) is 2.53. The topological polar surface area (TPSA) is 50.2 Å². The first-order chi connectivity index (χ1) is 10.3. The van der Waals surface area contributed by atoms with Crippen LogP contribution in [0.5, 0.6) is 0 Å². The van der Waals surface area contributed by atoms with E-state index in [1.54, 1.807) is 17.1 Å². The lowest BCUT2D eigenvalue weighted by Crippen LogP contribution is -2.24. The van der Waals surface area contributed by atoms with Gasteiger partial charge in [0, 0.05) is 37.5 Å². The van der Waals surface area contributed by atoms with Crippen LogP contribution < -0.4 is 10.2 Å². The fraction of sp³-hybridized carbons (Fsp3) is 0.250. The van der Waals surface area contributed by atoms with Crippen LogP contribution in [0.1, 0.15) is 18.4 Å². The number of hydrogen-bond acceptors (Lipinski definition) is 3. The summed E-state index contributed by atoms with van der Waals surface area (Å²) >= 11 is 0. The van der Waals surface area contributed by atoms with Gasteiger partial charge < -0.3 is 10.2 Å². The van der Waals surface area contributed by atoms with Gasteiger partial charge in [0.05, 0.1) is 17.6 Å². The Balaban J connectivity index is 1.76. The molecule has 1 amide bonds. The zero-order valence-corrected chi connectivity index (χ0v) is 11.8. The lowest BCUT2D eigenvalue weighted by Gasteiger charge is -2.20. The van der Waals surface area contributed by atoms with Crippen molar-refractivity contribution in [1.29, 1.82) is 0 Å². The molecule has 1 fully saturated rings. The van der Waals surface area contributed by atoms with Gasteiger partial charge in [-0.1, -0.05) is 18.7 Å². The normalized spacial score (nSPS) is 14.5. The summed E-state index contributed by atoms with van der Waals surface area (Å²) in [5.41, 5.74) is 2.99. The largest absolute Gasteiger partial charge is 0.379 e. The molecular weight excluding hydrogens is 264 g/mol. The summed E-state index contributed by atoms with van der Waals surface area (Å²) in [6, 6.07) is 7.92. The number of nitrogens with one attached hydrogen (secondary N) is 1. The number of aromatic nitrogens is 2. The average Bonchev–Trinajstić information content (AvgIpc) is 3.14. The number of amides is 1. The van der Waals surface area contributed by atoms with Crippen molar-refractivity contribution < 1.29 is 4.79 Å². The Bertz CT molecular complexity index is 662. The van der Waals surface area contributed by atoms with E-state index in [0.717, 1.165) is 29.9 Å². The average molecular weight is 282 g/mol. The summed E-state index contributed by atoms with van der Waals surface area (Å²) in [6.07, 6.45) is 6.95. The van der Waals surface area contributed by atoms with Crippen LogP contribution in [0.15, 0.2) is 43.2 Å². The second-order valence-electron chi connectivity index (χ2n) is 5.03. The van der Waals surface area contributed by atoms with Crippen molar-refractivity contribution >= 4 is 23.5 Å². The van der Waals surface area contributed by atoms with Gasteiger partial charge >= 0.3 is 0 Å². The summed E-state index contributed by atoms with van der Waals surface area (Å²) in [7, 11) is 0. The summed E-state index contributed by atoms with van der Waals surface area (Å²) in [4.78, 5) is 13.8. The Morgan fingerprint density at radius 3 is 2.95 bits per heavy atom. The van der Waals surface area contributed by atoms with Crippen molar-refractivity contribution in [3.63, 3.8) is 0 Å².